The largest absolute Gasteiger partial charge is 0.490 e. The van der Waals surface area contributed by atoms with Crippen molar-refractivity contribution in [3.63, 3.8) is 0 Å². The summed E-state index contributed by atoms with van der Waals surface area (Å²) in [5, 5.41) is 8.50. The molecule has 0 amide bonds. The fraction of sp³-hybridized carbons (Fsp3) is 0.650. The van der Waals surface area contributed by atoms with E-state index >= 15 is 0 Å². The van der Waals surface area contributed by atoms with Crippen LogP contribution in [-0.4, -0.2) is 50.6 Å². The number of pyridine rings is 1. The van der Waals surface area contributed by atoms with Crippen LogP contribution in [0.3, 0.4) is 0 Å². The van der Waals surface area contributed by atoms with Crippen molar-refractivity contribution in [1.29, 1.82) is 0 Å². The summed E-state index contributed by atoms with van der Waals surface area (Å²) in [6, 6.07) is 2.51. The third-order valence-electron chi connectivity index (χ3n) is 4.85. The number of aromatic nitrogens is 4. The van der Waals surface area contributed by atoms with Crippen molar-refractivity contribution in [3.05, 3.63) is 30.4 Å². The molecule has 0 unspecified atom stereocenters. The van der Waals surface area contributed by atoms with Gasteiger partial charge in [-0.2, -0.15) is 0 Å². The van der Waals surface area contributed by atoms with Gasteiger partial charge in [-0.1, -0.05) is 38.8 Å². The molecule has 3 heterocycles. The van der Waals surface area contributed by atoms with E-state index in [0.717, 1.165) is 43.1 Å². The Morgan fingerprint density at radius 1 is 1.27 bits per heavy atom. The molecule has 2 aromatic rings. The van der Waals surface area contributed by atoms with Gasteiger partial charge in [-0.15, -0.1) is 5.10 Å². The van der Waals surface area contributed by atoms with E-state index < -0.39 is 0 Å². The van der Waals surface area contributed by atoms with Crippen LogP contribution in [0.25, 0.3) is 5.69 Å². The van der Waals surface area contributed by atoms with E-state index in [9.17, 15) is 0 Å². The number of nitrogens with zero attached hydrogens (tertiary/aromatic N) is 5. The molecule has 1 aliphatic heterocycles. The van der Waals surface area contributed by atoms with Crippen LogP contribution in [-0.2, 0) is 6.42 Å². The summed E-state index contributed by atoms with van der Waals surface area (Å²) in [5.74, 6) is 1.49. The van der Waals surface area contributed by atoms with Gasteiger partial charge in [0.15, 0.2) is 0 Å². The molecular formula is C20H31N5O. The Morgan fingerprint density at radius 2 is 2.15 bits per heavy atom. The van der Waals surface area contributed by atoms with Crippen LogP contribution in [0.15, 0.2) is 24.7 Å². The van der Waals surface area contributed by atoms with Gasteiger partial charge in [0.1, 0.15) is 12.4 Å². The van der Waals surface area contributed by atoms with Crippen LogP contribution in [0, 0.1) is 5.92 Å². The molecule has 0 saturated carbocycles. The Kier molecular flexibility index (Phi) is 6.61. The lowest BCUT2D eigenvalue weighted by Gasteiger charge is -2.41. The highest BCUT2D eigenvalue weighted by atomic mass is 16.5. The molecule has 0 aliphatic carbocycles. The van der Waals surface area contributed by atoms with Crippen LogP contribution in [0.5, 0.6) is 5.75 Å². The second kappa shape index (κ2) is 9.12. The molecule has 0 radical (unpaired) electrons. The number of likely N-dealkylation sites (tertiary alicyclic amines) is 1. The van der Waals surface area contributed by atoms with Gasteiger partial charge in [-0.05, 0) is 25.2 Å². The van der Waals surface area contributed by atoms with E-state index in [1.807, 2.05) is 12.3 Å². The first-order valence-corrected chi connectivity index (χ1v) is 9.89. The van der Waals surface area contributed by atoms with Gasteiger partial charge in [0.05, 0.1) is 30.0 Å². The molecule has 0 spiro atoms. The first-order chi connectivity index (χ1) is 12.7. The van der Waals surface area contributed by atoms with Crippen molar-refractivity contribution < 1.29 is 4.74 Å². The summed E-state index contributed by atoms with van der Waals surface area (Å²) in [5.41, 5.74) is 1.92. The van der Waals surface area contributed by atoms with Gasteiger partial charge in [0, 0.05) is 25.2 Å². The van der Waals surface area contributed by atoms with E-state index in [1.54, 1.807) is 17.1 Å². The molecule has 0 bridgehead atoms. The highest BCUT2D eigenvalue weighted by molar-refractivity contribution is 5.34. The molecular weight excluding hydrogens is 326 g/mol. The number of aryl methyl sites for hydroxylation is 1. The first kappa shape index (κ1) is 18.8. The first-order valence-electron chi connectivity index (χ1n) is 9.89. The van der Waals surface area contributed by atoms with Crippen LogP contribution in [0.4, 0.5) is 0 Å². The molecule has 3 rings (SSSR count). The minimum absolute atomic E-state index is 0.526. The molecule has 1 aliphatic rings. The van der Waals surface area contributed by atoms with E-state index in [0.29, 0.717) is 12.0 Å². The Hall–Kier alpha value is -1.95. The van der Waals surface area contributed by atoms with Gasteiger partial charge in [-0.25, -0.2) is 4.68 Å². The molecule has 0 N–H and O–H groups in total. The van der Waals surface area contributed by atoms with E-state index in [-0.39, 0.29) is 0 Å². The highest BCUT2D eigenvalue weighted by Crippen LogP contribution is 2.21. The maximum absolute atomic E-state index is 6.00. The van der Waals surface area contributed by atoms with Crippen molar-refractivity contribution in [3.8, 4) is 11.4 Å². The summed E-state index contributed by atoms with van der Waals surface area (Å²) < 4.78 is 7.79. The SMILES string of the molecule is CCCCCc1cn(-c2cncc(OC[C@@H]3CCN3CC(C)C)c2)nn1. The predicted molar refractivity (Wildman–Crippen MR) is 103 cm³/mol. The maximum atomic E-state index is 6.00. The molecule has 1 saturated heterocycles. The molecule has 1 fully saturated rings. The van der Waals surface area contributed by atoms with Crippen LogP contribution >= 0.6 is 0 Å². The second-order valence-corrected chi connectivity index (χ2v) is 7.63. The van der Waals surface area contributed by atoms with Crippen LogP contribution < -0.4 is 4.74 Å². The number of hydrogen-bond donors (Lipinski definition) is 0. The van der Waals surface area contributed by atoms with Crippen LogP contribution in [0.2, 0.25) is 0 Å². The standard InChI is InChI=1S/C20H31N5O/c1-4-5-6-7-17-14-25(23-22-17)19-10-20(12-21-11-19)26-15-18-8-9-24(18)13-16(2)3/h10-12,14,16,18H,4-9,13,15H2,1-3H3/t18-/m0/s1. The fourth-order valence-electron chi connectivity index (χ4n) is 3.29. The van der Waals surface area contributed by atoms with Crippen molar-refractivity contribution in [2.45, 2.75) is 58.9 Å². The van der Waals surface area contributed by atoms with Crippen molar-refractivity contribution in [2.75, 3.05) is 19.7 Å². The normalized spacial score (nSPS) is 17.5. The molecule has 2 aromatic heterocycles. The molecule has 6 nitrogen and oxygen atoms in total. The van der Waals surface area contributed by atoms with Gasteiger partial charge in [-0.3, -0.25) is 9.88 Å². The predicted octanol–water partition coefficient (Wildman–Crippen LogP) is 3.50. The van der Waals surface area contributed by atoms with Gasteiger partial charge < -0.3 is 4.74 Å². The van der Waals surface area contributed by atoms with Crippen molar-refractivity contribution >= 4 is 0 Å². The summed E-state index contributed by atoms with van der Waals surface area (Å²) in [4.78, 5) is 6.81. The Balaban J connectivity index is 1.55. The van der Waals surface area contributed by atoms with Gasteiger partial charge >= 0.3 is 0 Å². The second-order valence-electron chi connectivity index (χ2n) is 7.63. The summed E-state index contributed by atoms with van der Waals surface area (Å²) >= 11 is 0. The fourth-order valence-corrected chi connectivity index (χ4v) is 3.29. The highest BCUT2D eigenvalue weighted by Gasteiger charge is 2.28. The third-order valence-corrected chi connectivity index (χ3v) is 4.85. The average Bonchev–Trinajstić information content (AvgIpc) is 3.08. The lowest BCUT2D eigenvalue weighted by molar-refractivity contribution is 0.0407. The molecule has 142 valence electrons. The number of hydrogen-bond acceptors (Lipinski definition) is 5. The Morgan fingerprint density at radius 3 is 2.88 bits per heavy atom. The zero-order valence-electron chi connectivity index (χ0n) is 16.3. The smallest absolute Gasteiger partial charge is 0.139 e. The molecule has 1 atom stereocenters. The lowest BCUT2D eigenvalue weighted by atomic mass is 10.0. The number of unbranched alkanes of at least 4 members (excludes halogenated alkanes) is 2. The summed E-state index contributed by atoms with van der Waals surface area (Å²) in [6.45, 7) is 9.78. The maximum Gasteiger partial charge on any atom is 0.139 e. The number of ether oxygens (including phenoxy) is 1. The molecule has 6 heteroatoms. The minimum atomic E-state index is 0.526. The summed E-state index contributed by atoms with van der Waals surface area (Å²) in [7, 11) is 0. The third kappa shape index (κ3) is 5.04. The van der Waals surface area contributed by atoms with E-state index in [1.165, 1.54) is 25.8 Å². The Bertz CT molecular complexity index is 684. The van der Waals surface area contributed by atoms with Crippen molar-refractivity contribution in [2.24, 2.45) is 5.92 Å². The van der Waals surface area contributed by atoms with Crippen molar-refractivity contribution in [1.82, 2.24) is 24.9 Å². The zero-order chi connectivity index (χ0) is 18.4. The topological polar surface area (TPSA) is 56.1 Å². The van der Waals surface area contributed by atoms with Gasteiger partial charge in [0.25, 0.3) is 0 Å². The number of rotatable bonds is 10. The Labute approximate surface area is 156 Å². The quantitative estimate of drug-likeness (QED) is 0.609. The average molecular weight is 358 g/mol. The molecule has 0 aromatic carbocycles. The van der Waals surface area contributed by atoms with E-state index in [2.05, 4.69) is 41.0 Å². The lowest BCUT2D eigenvalue weighted by Crippen LogP contribution is -2.52. The van der Waals surface area contributed by atoms with Gasteiger partial charge in [0.2, 0.25) is 0 Å². The minimum Gasteiger partial charge on any atom is -0.490 e. The summed E-state index contributed by atoms with van der Waals surface area (Å²) in [6.07, 6.45) is 11.4. The zero-order valence-corrected chi connectivity index (χ0v) is 16.3. The van der Waals surface area contributed by atoms with E-state index in [4.69, 9.17) is 4.74 Å². The monoisotopic (exact) mass is 357 g/mol. The van der Waals surface area contributed by atoms with Crippen LogP contribution in [0.1, 0.15) is 52.1 Å². The molecule has 26 heavy (non-hydrogen) atoms.